The largest absolute Gasteiger partial charge is 0.392 e. The zero-order valence-corrected chi connectivity index (χ0v) is 7.53. The second-order valence-electron chi connectivity index (χ2n) is 4.22. The number of nitrogens with zero attached hydrogens (tertiary/aromatic N) is 1. The molecule has 0 radical (unpaired) electrons. The third kappa shape index (κ3) is 1.04. The van der Waals surface area contributed by atoms with Gasteiger partial charge in [0.05, 0.1) is 6.10 Å². The number of piperidine rings is 1. The van der Waals surface area contributed by atoms with E-state index in [9.17, 15) is 9.90 Å². The van der Waals surface area contributed by atoms with E-state index >= 15 is 0 Å². The summed E-state index contributed by atoms with van der Waals surface area (Å²) in [5.41, 5.74) is 0. The van der Waals surface area contributed by atoms with Gasteiger partial charge in [-0.05, 0) is 0 Å². The molecule has 0 aromatic carbocycles. The number of fused-ring (bicyclic) bond motifs is 1. The van der Waals surface area contributed by atoms with E-state index in [0.29, 0.717) is 11.8 Å². The van der Waals surface area contributed by atoms with Crippen molar-refractivity contribution in [2.45, 2.75) is 20.0 Å². The van der Waals surface area contributed by atoms with Crippen LogP contribution >= 0.6 is 0 Å². The monoisotopic (exact) mass is 169 g/mol. The third-order valence-corrected chi connectivity index (χ3v) is 2.95. The molecule has 0 spiro atoms. The minimum Gasteiger partial charge on any atom is -0.392 e. The lowest BCUT2D eigenvalue weighted by molar-refractivity contribution is -0.134. The molecule has 2 fully saturated rings. The van der Waals surface area contributed by atoms with Crippen LogP contribution in [-0.4, -0.2) is 35.1 Å². The van der Waals surface area contributed by atoms with Crippen LogP contribution in [0.25, 0.3) is 0 Å². The van der Waals surface area contributed by atoms with E-state index in [2.05, 4.69) is 0 Å². The van der Waals surface area contributed by atoms with Crippen molar-refractivity contribution < 1.29 is 9.90 Å². The molecule has 1 aliphatic heterocycles. The van der Waals surface area contributed by atoms with Crippen molar-refractivity contribution in [2.75, 3.05) is 13.1 Å². The van der Waals surface area contributed by atoms with E-state index < -0.39 is 0 Å². The Morgan fingerprint density at radius 2 is 1.92 bits per heavy atom. The van der Waals surface area contributed by atoms with Gasteiger partial charge in [-0.1, -0.05) is 13.8 Å². The third-order valence-electron chi connectivity index (χ3n) is 2.95. The number of hydrogen-bond acceptors (Lipinski definition) is 2. The first-order valence-electron chi connectivity index (χ1n) is 4.58. The molecule has 1 aliphatic carbocycles. The lowest BCUT2D eigenvalue weighted by Gasteiger charge is -2.20. The SMILES string of the molecule is CC(C)C(=O)N1C[C@@H]2C(O)[C@@H]2C1. The molecule has 1 saturated heterocycles. The zero-order chi connectivity index (χ0) is 8.88. The number of aliphatic hydroxyl groups excluding tert-OH is 1. The van der Waals surface area contributed by atoms with Gasteiger partial charge in [0.2, 0.25) is 5.91 Å². The Morgan fingerprint density at radius 1 is 1.42 bits per heavy atom. The summed E-state index contributed by atoms with van der Waals surface area (Å²) in [5, 5.41) is 9.25. The molecule has 1 N–H and O–H groups in total. The minimum absolute atomic E-state index is 0.0969. The van der Waals surface area contributed by atoms with Gasteiger partial charge in [0.1, 0.15) is 0 Å². The molecule has 2 aliphatic rings. The first kappa shape index (κ1) is 8.05. The van der Waals surface area contributed by atoms with Crippen LogP contribution in [0, 0.1) is 17.8 Å². The van der Waals surface area contributed by atoms with E-state index in [-0.39, 0.29) is 17.9 Å². The van der Waals surface area contributed by atoms with Gasteiger partial charge < -0.3 is 10.0 Å². The maximum Gasteiger partial charge on any atom is 0.225 e. The average molecular weight is 169 g/mol. The van der Waals surface area contributed by atoms with Crippen molar-refractivity contribution in [2.24, 2.45) is 17.8 Å². The standard InChI is InChI=1S/C9H15NO2/c1-5(2)9(12)10-3-6-7(4-10)8(6)11/h5-8,11H,3-4H2,1-2H3/t6-,7+,8?. The molecule has 3 nitrogen and oxygen atoms in total. The molecule has 0 aromatic heterocycles. The quantitative estimate of drug-likeness (QED) is 0.604. The molecule has 1 amide bonds. The minimum atomic E-state index is -0.110. The maximum absolute atomic E-state index is 11.5. The Hall–Kier alpha value is -0.570. The molecule has 3 heteroatoms. The first-order valence-corrected chi connectivity index (χ1v) is 4.58. The highest BCUT2D eigenvalue weighted by molar-refractivity contribution is 5.78. The summed E-state index contributed by atoms with van der Waals surface area (Å²) >= 11 is 0. The topological polar surface area (TPSA) is 40.5 Å². The predicted octanol–water partition coefficient (Wildman–Crippen LogP) is 0.0915. The number of amides is 1. The Labute approximate surface area is 72.4 Å². The highest BCUT2D eigenvalue weighted by Crippen LogP contribution is 2.45. The van der Waals surface area contributed by atoms with Crippen LogP contribution < -0.4 is 0 Å². The molecular formula is C9H15NO2. The summed E-state index contributed by atoms with van der Waals surface area (Å²) in [4.78, 5) is 13.3. The van der Waals surface area contributed by atoms with Crippen LogP contribution in [0.5, 0.6) is 0 Å². The molecule has 0 bridgehead atoms. The summed E-state index contributed by atoms with van der Waals surface area (Å²) in [7, 11) is 0. The van der Waals surface area contributed by atoms with Crippen LogP contribution in [0.15, 0.2) is 0 Å². The molecule has 1 unspecified atom stereocenters. The molecule has 1 heterocycles. The normalized spacial score (nSPS) is 38.7. The summed E-state index contributed by atoms with van der Waals surface area (Å²) < 4.78 is 0. The van der Waals surface area contributed by atoms with Crippen molar-refractivity contribution in [3.8, 4) is 0 Å². The number of hydrogen-bond donors (Lipinski definition) is 1. The second kappa shape index (κ2) is 2.46. The smallest absolute Gasteiger partial charge is 0.225 e. The molecule has 68 valence electrons. The van der Waals surface area contributed by atoms with Crippen molar-refractivity contribution in [1.29, 1.82) is 0 Å². The second-order valence-corrected chi connectivity index (χ2v) is 4.22. The Kier molecular flexibility index (Phi) is 1.65. The van der Waals surface area contributed by atoms with E-state index in [1.54, 1.807) is 0 Å². The van der Waals surface area contributed by atoms with Crippen LogP contribution in [0.1, 0.15) is 13.8 Å². The van der Waals surface area contributed by atoms with Gasteiger partial charge in [-0.3, -0.25) is 4.79 Å². The van der Waals surface area contributed by atoms with Crippen LogP contribution in [0.4, 0.5) is 0 Å². The van der Waals surface area contributed by atoms with Crippen LogP contribution in [0.3, 0.4) is 0 Å². The summed E-state index contributed by atoms with van der Waals surface area (Å²) in [6.07, 6.45) is -0.110. The lowest BCUT2D eigenvalue weighted by atomic mass is 10.2. The number of carbonyl (C=O) groups excluding carboxylic acids is 1. The van der Waals surface area contributed by atoms with Gasteiger partial charge in [0.15, 0.2) is 0 Å². The van der Waals surface area contributed by atoms with Crippen molar-refractivity contribution in [1.82, 2.24) is 4.90 Å². The molecule has 3 atom stereocenters. The van der Waals surface area contributed by atoms with Gasteiger partial charge in [-0.15, -0.1) is 0 Å². The molecular weight excluding hydrogens is 154 g/mol. The highest BCUT2D eigenvalue weighted by atomic mass is 16.3. The highest BCUT2D eigenvalue weighted by Gasteiger charge is 2.56. The number of rotatable bonds is 1. The Morgan fingerprint density at radius 3 is 2.33 bits per heavy atom. The number of carbonyl (C=O) groups is 1. The van der Waals surface area contributed by atoms with E-state index in [4.69, 9.17) is 0 Å². The molecule has 12 heavy (non-hydrogen) atoms. The molecule has 2 rings (SSSR count). The Balaban J connectivity index is 1.90. The van der Waals surface area contributed by atoms with Crippen molar-refractivity contribution >= 4 is 5.91 Å². The van der Waals surface area contributed by atoms with E-state index in [1.165, 1.54) is 0 Å². The fourth-order valence-corrected chi connectivity index (χ4v) is 2.04. The summed E-state index contributed by atoms with van der Waals surface area (Å²) in [5.74, 6) is 1.12. The van der Waals surface area contributed by atoms with Gasteiger partial charge in [0.25, 0.3) is 0 Å². The van der Waals surface area contributed by atoms with Gasteiger partial charge in [0, 0.05) is 30.8 Å². The average Bonchev–Trinajstić information content (AvgIpc) is 2.53. The number of aliphatic hydroxyl groups is 1. The van der Waals surface area contributed by atoms with Crippen LogP contribution in [0.2, 0.25) is 0 Å². The van der Waals surface area contributed by atoms with Gasteiger partial charge in [-0.25, -0.2) is 0 Å². The fourth-order valence-electron chi connectivity index (χ4n) is 2.04. The molecule has 0 aromatic rings. The van der Waals surface area contributed by atoms with E-state index in [1.807, 2.05) is 18.7 Å². The lowest BCUT2D eigenvalue weighted by Crippen LogP contribution is -2.35. The van der Waals surface area contributed by atoms with Gasteiger partial charge in [-0.2, -0.15) is 0 Å². The predicted molar refractivity (Wildman–Crippen MR) is 44.4 cm³/mol. The summed E-state index contributed by atoms with van der Waals surface area (Å²) in [6, 6.07) is 0. The zero-order valence-electron chi connectivity index (χ0n) is 7.53. The van der Waals surface area contributed by atoms with Crippen LogP contribution in [-0.2, 0) is 4.79 Å². The maximum atomic E-state index is 11.5. The van der Waals surface area contributed by atoms with E-state index in [0.717, 1.165) is 13.1 Å². The molecule has 1 saturated carbocycles. The Bertz CT molecular complexity index is 203. The first-order chi connectivity index (χ1) is 5.61. The fraction of sp³-hybridized carbons (Fsp3) is 0.889. The summed E-state index contributed by atoms with van der Waals surface area (Å²) in [6.45, 7) is 5.40. The van der Waals surface area contributed by atoms with Gasteiger partial charge >= 0.3 is 0 Å². The number of likely N-dealkylation sites (tertiary alicyclic amines) is 1. The van der Waals surface area contributed by atoms with Crippen molar-refractivity contribution in [3.05, 3.63) is 0 Å². The van der Waals surface area contributed by atoms with Crippen molar-refractivity contribution in [3.63, 3.8) is 0 Å².